The fourth-order valence-corrected chi connectivity index (χ4v) is 1.87. The molecule has 2 N–H and O–H groups in total. The van der Waals surface area contributed by atoms with Crippen molar-refractivity contribution in [3.63, 3.8) is 0 Å². The van der Waals surface area contributed by atoms with Crippen molar-refractivity contribution in [3.05, 3.63) is 42.1 Å². The van der Waals surface area contributed by atoms with Gasteiger partial charge in [-0.15, -0.1) is 0 Å². The maximum Gasteiger partial charge on any atom is 0.229 e. The van der Waals surface area contributed by atoms with Crippen LogP contribution in [-0.2, 0) is 0 Å². The van der Waals surface area contributed by atoms with Crippen molar-refractivity contribution in [1.82, 2.24) is 14.9 Å². The Kier molecular flexibility index (Phi) is 5.43. The van der Waals surface area contributed by atoms with Crippen LogP contribution < -0.4 is 10.6 Å². The SMILES string of the molecule is CC(=O)c1cccc(Nc2nccc(NCCN(C)C)n2)c1. The molecule has 0 aliphatic rings. The van der Waals surface area contributed by atoms with Crippen molar-refractivity contribution >= 4 is 23.2 Å². The Hall–Kier alpha value is -2.47. The van der Waals surface area contributed by atoms with E-state index >= 15 is 0 Å². The van der Waals surface area contributed by atoms with Gasteiger partial charge in [0.1, 0.15) is 5.82 Å². The van der Waals surface area contributed by atoms with E-state index in [4.69, 9.17) is 0 Å². The summed E-state index contributed by atoms with van der Waals surface area (Å²) >= 11 is 0. The monoisotopic (exact) mass is 299 g/mol. The van der Waals surface area contributed by atoms with Gasteiger partial charge in [-0.3, -0.25) is 4.79 Å². The minimum absolute atomic E-state index is 0.0312. The second kappa shape index (κ2) is 7.51. The van der Waals surface area contributed by atoms with Crippen LogP contribution in [0, 0.1) is 0 Å². The van der Waals surface area contributed by atoms with Crippen LogP contribution >= 0.6 is 0 Å². The number of nitrogens with zero attached hydrogens (tertiary/aromatic N) is 3. The zero-order valence-electron chi connectivity index (χ0n) is 13.1. The highest BCUT2D eigenvalue weighted by atomic mass is 16.1. The lowest BCUT2D eigenvalue weighted by Gasteiger charge is -2.11. The van der Waals surface area contributed by atoms with E-state index in [1.54, 1.807) is 25.3 Å². The highest BCUT2D eigenvalue weighted by Gasteiger charge is 2.03. The van der Waals surface area contributed by atoms with Gasteiger partial charge in [0.2, 0.25) is 5.95 Å². The number of anilines is 3. The number of ketones is 1. The van der Waals surface area contributed by atoms with Crippen LogP contribution in [0.4, 0.5) is 17.5 Å². The summed E-state index contributed by atoms with van der Waals surface area (Å²) in [4.78, 5) is 22.1. The van der Waals surface area contributed by atoms with Crippen molar-refractivity contribution in [3.8, 4) is 0 Å². The van der Waals surface area contributed by atoms with Crippen LogP contribution in [-0.4, -0.2) is 47.8 Å². The second-order valence-electron chi connectivity index (χ2n) is 5.26. The summed E-state index contributed by atoms with van der Waals surface area (Å²) in [6.07, 6.45) is 1.70. The molecule has 22 heavy (non-hydrogen) atoms. The molecule has 0 saturated heterocycles. The minimum Gasteiger partial charge on any atom is -0.369 e. The molecule has 116 valence electrons. The van der Waals surface area contributed by atoms with E-state index in [9.17, 15) is 4.79 Å². The fourth-order valence-electron chi connectivity index (χ4n) is 1.87. The van der Waals surface area contributed by atoms with Crippen LogP contribution in [0.5, 0.6) is 0 Å². The Morgan fingerprint density at radius 3 is 2.82 bits per heavy atom. The number of nitrogens with one attached hydrogen (secondary N) is 2. The van der Waals surface area contributed by atoms with Crippen LogP contribution in [0.25, 0.3) is 0 Å². The van der Waals surface area contributed by atoms with Gasteiger partial charge in [-0.2, -0.15) is 4.98 Å². The molecule has 1 heterocycles. The molecule has 0 aliphatic carbocycles. The fraction of sp³-hybridized carbons (Fsp3) is 0.312. The topological polar surface area (TPSA) is 70.2 Å². The number of aromatic nitrogens is 2. The predicted molar refractivity (Wildman–Crippen MR) is 88.8 cm³/mol. The first-order chi connectivity index (χ1) is 10.5. The molecular formula is C16H21N5O. The van der Waals surface area contributed by atoms with Crippen molar-refractivity contribution in [2.75, 3.05) is 37.8 Å². The normalized spacial score (nSPS) is 10.5. The molecule has 6 heteroatoms. The predicted octanol–water partition coefficient (Wildman–Crippen LogP) is 2.40. The molecule has 0 atom stereocenters. The summed E-state index contributed by atoms with van der Waals surface area (Å²) in [5, 5.41) is 6.36. The molecule has 0 unspecified atom stereocenters. The maximum absolute atomic E-state index is 11.4. The third-order valence-electron chi connectivity index (χ3n) is 3.05. The maximum atomic E-state index is 11.4. The molecule has 6 nitrogen and oxygen atoms in total. The summed E-state index contributed by atoms with van der Waals surface area (Å²) in [5.41, 5.74) is 1.45. The van der Waals surface area contributed by atoms with E-state index in [0.717, 1.165) is 24.6 Å². The van der Waals surface area contributed by atoms with Gasteiger partial charge in [-0.25, -0.2) is 4.98 Å². The van der Waals surface area contributed by atoms with Crippen molar-refractivity contribution < 1.29 is 4.79 Å². The number of likely N-dealkylation sites (N-methyl/N-ethyl adjacent to an activating group) is 1. The number of hydrogen-bond donors (Lipinski definition) is 2. The van der Waals surface area contributed by atoms with Gasteiger partial charge in [0.15, 0.2) is 5.78 Å². The van der Waals surface area contributed by atoms with E-state index in [1.807, 2.05) is 32.3 Å². The Morgan fingerprint density at radius 2 is 2.09 bits per heavy atom. The van der Waals surface area contributed by atoms with E-state index in [0.29, 0.717) is 11.5 Å². The lowest BCUT2D eigenvalue weighted by atomic mass is 10.1. The molecule has 0 saturated carbocycles. The Bertz CT molecular complexity index is 642. The number of rotatable bonds is 7. The zero-order chi connectivity index (χ0) is 15.9. The van der Waals surface area contributed by atoms with Gasteiger partial charge in [-0.05, 0) is 39.2 Å². The number of benzene rings is 1. The number of carbonyl (C=O) groups is 1. The molecule has 0 radical (unpaired) electrons. The average Bonchev–Trinajstić information content (AvgIpc) is 2.47. The first kappa shape index (κ1) is 15.9. The first-order valence-electron chi connectivity index (χ1n) is 7.14. The van der Waals surface area contributed by atoms with Gasteiger partial charge >= 0.3 is 0 Å². The molecule has 2 aromatic rings. The van der Waals surface area contributed by atoms with Crippen LogP contribution in [0.1, 0.15) is 17.3 Å². The summed E-state index contributed by atoms with van der Waals surface area (Å²) < 4.78 is 0. The third-order valence-corrected chi connectivity index (χ3v) is 3.05. The highest BCUT2D eigenvalue weighted by Crippen LogP contribution is 2.16. The molecule has 0 aliphatic heterocycles. The second-order valence-corrected chi connectivity index (χ2v) is 5.26. The molecule has 1 aromatic carbocycles. The van der Waals surface area contributed by atoms with E-state index in [-0.39, 0.29) is 5.78 Å². The van der Waals surface area contributed by atoms with Crippen molar-refractivity contribution in [2.45, 2.75) is 6.92 Å². The quantitative estimate of drug-likeness (QED) is 0.765. The summed E-state index contributed by atoms with van der Waals surface area (Å²) in [7, 11) is 4.05. The highest BCUT2D eigenvalue weighted by molar-refractivity contribution is 5.95. The van der Waals surface area contributed by atoms with Gasteiger partial charge in [0.25, 0.3) is 0 Å². The van der Waals surface area contributed by atoms with E-state index < -0.39 is 0 Å². The third kappa shape index (κ3) is 4.82. The average molecular weight is 299 g/mol. The van der Waals surface area contributed by atoms with E-state index in [2.05, 4.69) is 25.5 Å². The van der Waals surface area contributed by atoms with Crippen molar-refractivity contribution in [1.29, 1.82) is 0 Å². The standard InChI is InChI=1S/C16H21N5O/c1-12(22)13-5-4-6-14(11-13)19-16-18-8-7-15(20-16)17-9-10-21(2)3/h4-8,11H,9-10H2,1-3H3,(H2,17,18,19,20). The molecule has 0 bridgehead atoms. The largest absolute Gasteiger partial charge is 0.369 e. The van der Waals surface area contributed by atoms with Crippen LogP contribution in [0.15, 0.2) is 36.5 Å². The van der Waals surface area contributed by atoms with Crippen LogP contribution in [0.2, 0.25) is 0 Å². The zero-order valence-corrected chi connectivity index (χ0v) is 13.1. The summed E-state index contributed by atoms with van der Waals surface area (Å²) in [6, 6.07) is 9.11. The Balaban J connectivity index is 2.03. The lowest BCUT2D eigenvalue weighted by Crippen LogP contribution is -2.21. The van der Waals surface area contributed by atoms with Crippen molar-refractivity contribution in [2.24, 2.45) is 0 Å². The molecule has 1 aromatic heterocycles. The molecule has 0 amide bonds. The smallest absolute Gasteiger partial charge is 0.229 e. The van der Waals surface area contributed by atoms with Gasteiger partial charge in [0.05, 0.1) is 0 Å². The van der Waals surface area contributed by atoms with E-state index in [1.165, 1.54) is 0 Å². The molecule has 2 rings (SSSR count). The first-order valence-corrected chi connectivity index (χ1v) is 7.14. The Labute approximate surface area is 130 Å². The molecule has 0 fully saturated rings. The minimum atomic E-state index is 0.0312. The van der Waals surface area contributed by atoms with Gasteiger partial charge < -0.3 is 15.5 Å². The van der Waals surface area contributed by atoms with Gasteiger partial charge in [0, 0.05) is 30.5 Å². The lowest BCUT2D eigenvalue weighted by molar-refractivity contribution is 0.101. The number of Topliss-reactive ketones (excluding diaryl/α,β-unsaturated/α-hetero) is 1. The van der Waals surface area contributed by atoms with Gasteiger partial charge in [-0.1, -0.05) is 12.1 Å². The van der Waals surface area contributed by atoms with Crippen LogP contribution in [0.3, 0.4) is 0 Å². The molecular weight excluding hydrogens is 278 g/mol. The number of hydrogen-bond acceptors (Lipinski definition) is 6. The summed E-state index contributed by atoms with van der Waals surface area (Å²) in [5.74, 6) is 1.29. The molecule has 0 spiro atoms. The number of carbonyl (C=O) groups excluding carboxylic acids is 1. The summed E-state index contributed by atoms with van der Waals surface area (Å²) in [6.45, 7) is 3.28. The Morgan fingerprint density at radius 1 is 1.27 bits per heavy atom.